The molecule has 3 nitrogen and oxygen atoms in total. The lowest BCUT2D eigenvalue weighted by molar-refractivity contribution is 0.905. The van der Waals surface area contributed by atoms with E-state index in [0.29, 0.717) is 5.92 Å². The second-order valence-electron chi connectivity index (χ2n) is 4.58. The molecule has 0 saturated heterocycles. The maximum atomic E-state index is 4.65. The molecule has 0 bridgehead atoms. The smallest absolute Gasteiger partial charge is 0.212 e. The van der Waals surface area contributed by atoms with Gasteiger partial charge in [0.15, 0.2) is 0 Å². The van der Waals surface area contributed by atoms with E-state index in [4.69, 9.17) is 0 Å². The van der Waals surface area contributed by atoms with E-state index < -0.39 is 0 Å². The Labute approximate surface area is 117 Å². The van der Waals surface area contributed by atoms with Gasteiger partial charge < -0.3 is 0 Å². The largest absolute Gasteiger partial charge is 0.217 e. The molecular weight excluding hydrogens is 310 g/mol. The first kappa shape index (κ1) is 10.7. The van der Waals surface area contributed by atoms with E-state index in [1.54, 1.807) is 11.3 Å². The van der Waals surface area contributed by atoms with E-state index in [1.807, 2.05) is 22.8 Å². The van der Waals surface area contributed by atoms with E-state index >= 15 is 0 Å². The second kappa shape index (κ2) is 3.90. The highest BCUT2D eigenvalue weighted by Crippen LogP contribution is 2.42. The van der Waals surface area contributed by atoms with Gasteiger partial charge in [-0.3, -0.25) is 0 Å². The highest BCUT2D eigenvalue weighted by atomic mass is 79.9. The Hall–Kier alpha value is -1.20. The van der Waals surface area contributed by atoms with Crippen LogP contribution in [0.4, 0.5) is 0 Å². The topological polar surface area (TPSA) is 30.2 Å². The van der Waals surface area contributed by atoms with Crippen molar-refractivity contribution in [2.24, 2.45) is 0 Å². The van der Waals surface area contributed by atoms with Gasteiger partial charge in [-0.2, -0.15) is 5.10 Å². The van der Waals surface area contributed by atoms with Crippen LogP contribution in [-0.2, 0) is 0 Å². The number of hydrogen-bond donors (Lipinski definition) is 0. The molecule has 0 atom stereocenters. The normalized spacial score (nSPS) is 15.4. The van der Waals surface area contributed by atoms with Crippen molar-refractivity contribution >= 4 is 32.2 Å². The highest BCUT2D eigenvalue weighted by Gasteiger charge is 2.27. The molecule has 1 aliphatic carbocycles. The number of fused-ring (bicyclic) bond motifs is 1. The van der Waals surface area contributed by atoms with Crippen LogP contribution in [0.1, 0.15) is 23.8 Å². The summed E-state index contributed by atoms with van der Waals surface area (Å²) in [7, 11) is 0. The van der Waals surface area contributed by atoms with Gasteiger partial charge in [0.25, 0.3) is 0 Å². The molecule has 1 saturated carbocycles. The number of imidazole rings is 1. The lowest BCUT2D eigenvalue weighted by Crippen LogP contribution is -1.83. The molecule has 1 aliphatic rings. The number of nitrogens with zero attached hydrogens (tertiary/aromatic N) is 3. The van der Waals surface area contributed by atoms with Crippen LogP contribution in [0, 0.1) is 0 Å². The van der Waals surface area contributed by atoms with Crippen LogP contribution < -0.4 is 0 Å². The molecule has 0 N–H and O–H groups in total. The molecule has 4 rings (SSSR count). The first-order valence-corrected chi connectivity index (χ1v) is 7.52. The summed E-state index contributed by atoms with van der Waals surface area (Å²) in [6, 6.07) is 8.19. The van der Waals surface area contributed by atoms with Crippen molar-refractivity contribution in [2.45, 2.75) is 18.8 Å². The third-order valence-electron chi connectivity index (χ3n) is 3.11. The third kappa shape index (κ3) is 1.78. The molecule has 2 aromatic heterocycles. The highest BCUT2D eigenvalue weighted by molar-refractivity contribution is 9.10. The van der Waals surface area contributed by atoms with Crippen LogP contribution in [0.3, 0.4) is 0 Å². The third-order valence-corrected chi connectivity index (χ3v) is 4.68. The van der Waals surface area contributed by atoms with Crippen LogP contribution in [0.15, 0.2) is 34.9 Å². The Morgan fingerprint density at radius 1 is 1.33 bits per heavy atom. The Balaban J connectivity index is 1.79. The van der Waals surface area contributed by atoms with Crippen molar-refractivity contribution in [1.82, 2.24) is 14.6 Å². The zero-order chi connectivity index (χ0) is 12.1. The molecule has 0 radical (unpaired) electrons. The summed E-state index contributed by atoms with van der Waals surface area (Å²) in [4.78, 5) is 5.65. The quantitative estimate of drug-likeness (QED) is 0.712. The van der Waals surface area contributed by atoms with E-state index in [9.17, 15) is 0 Å². The Bertz CT molecular complexity index is 695. The lowest BCUT2D eigenvalue weighted by Gasteiger charge is -1.96. The van der Waals surface area contributed by atoms with Gasteiger partial charge in [-0.1, -0.05) is 39.4 Å². The second-order valence-corrected chi connectivity index (χ2v) is 6.48. The molecule has 2 heterocycles. The fourth-order valence-electron chi connectivity index (χ4n) is 2.00. The minimum atomic E-state index is 0.700. The fourth-order valence-corrected chi connectivity index (χ4v) is 3.45. The van der Waals surface area contributed by atoms with Crippen molar-refractivity contribution in [3.8, 4) is 11.3 Å². The zero-order valence-corrected chi connectivity index (χ0v) is 11.9. The maximum absolute atomic E-state index is 4.65. The molecule has 90 valence electrons. The van der Waals surface area contributed by atoms with Gasteiger partial charge in [0, 0.05) is 16.0 Å². The molecule has 18 heavy (non-hydrogen) atoms. The minimum Gasteiger partial charge on any atom is -0.217 e. The summed E-state index contributed by atoms with van der Waals surface area (Å²) < 4.78 is 2.98. The molecular formula is C13H10BrN3S. The predicted molar refractivity (Wildman–Crippen MR) is 76.0 cm³/mol. The van der Waals surface area contributed by atoms with Crippen molar-refractivity contribution in [3.63, 3.8) is 0 Å². The molecule has 0 spiro atoms. The van der Waals surface area contributed by atoms with Crippen LogP contribution in [0.2, 0.25) is 0 Å². The average Bonchev–Trinajstić information content (AvgIpc) is 3.00. The summed E-state index contributed by atoms with van der Waals surface area (Å²) in [5, 5.41) is 5.84. The van der Waals surface area contributed by atoms with Crippen LogP contribution in [0.5, 0.6) is 0 Å². The van der Waals surface area contributed by atoms with Gasteiger partial charge in [0.05, 0.1) is 11.9 Å². The molecule has 3 aromatic rings. The monoisotopic (exact) mass is 319 g/mol. The zero-order valence-electron chi connectivity index (χ0n) is 9.51. The van der Waals surface area contributed by atoms with Crippen molar-refractivity contribution in [3.05, 3.63) is 39.9 Å². The van der Waals surface area contributed by atoms with E-state index in [-0.39, 0.29) is 0 Å². The first-order chi connectivity index (χ1) is 8.79. The van der Waals surface area contributed by atoms with Crippen LogP contribution >= 0.6 is 27.3 Å². The summed E-state index contributed by atoms with van der Waals surface area (Å²) in [5.74, 6) is 0.700. The van der Waals surface area contributed by atoms with Gasteiger partial charge in [-0.05, 0) is 25.0 Å². The van der Waals surface area contributed by atoms with E-state index in [1.165, 1.54) is 17.8 Å². The van der Waals surface area contributed by atoms with Gasteiger partial charge in [0.1, 0.15) is 5.01 Å². The number of aromatic nitrogens is 3. The SMILES string of the molecule is Brc1cccc(-c2cn3nc(C4CC4)sc3n2)c1. The summed E-state index contributed by atoms with van der Waals surface area (Å²) in [6.07, 6.45) is 4.59. The number of benzene rings is 1. The van der Waals surface area contributed by atoms with E-state index in [2.05, 4.69) is 38.1 Å². The first-order valence-electron chi connectivity index (χ1n) is 5.92. The van der Waals surface area contributed by atoms with Gasteiger partial charge in [0.2, 0.25) is 4.96 Å². The van der Waals surface area contributed by atoms with Gasteiger partial charge in [-0.25, -0.2) is 9.50 Å². The van der Waals surface area contributed by atoms with Gasteiger partial charge in [-0.15, -0.1) is 0 Å². The number of halogens is 1. The van der Waals surface area contributed by atoms with Crippen molar-refractivity contribution in [1.29, 1.82) is 0 Å². The molecule has 1 fully saturated rings. The fraction of sp³-hybridized carbons (Fsp3) is 0.231. The Kier molecular flexibility index (Phi) is 2.32. The number of rotatable bonds is 2. The van der Waals surface area contributed by atoms with Crippen LogP contribution in [-0.4, -0.2) is 14.6 Å². The average molecular weight is 320 g/mol. The molecule has 0 amide bonds. The molecule has 0 aliphatic heterocycles. The molecule has 5 heteroatoms. The molecule has 0 unspecified atom stereocenters. The Morgan fingerprint density at radius 2 is 2.22 bits per heavy atom. The standard InChI is InChI=1S/C13H10BrN3S/c14-10-3-1-2-9(6-10)11-7-17-13(15-11)18-12(16-17)8-4-5-8/h1-3,6-8H,4-5H2. The van der Waals surface area contributed by atoms with Crippen molar-refractivity contribution in [2.75, 3.05) is 0 Å². The Morgan fingerprint density at radius 3 is 2.94 bits per heavy atom. The van der Waals surface area contributed by atoms with Crippen LogP contribution in [0.25, 0.3) is 16.2 Å². The number of hydrogen-bond acceptors (Lipinski definition) is 3. The maximum Gasteiger partial charge on any atom is 0.212 e. The van der Waals surface area contributed by atoms with Crippen molar-refractivity contribution < 1.29 is 0 Å². The summed E-state index contributed by atoms with van der Waals surface area (Å²) >= 11 is 5.20. The molecule has 1 aromatic carbocycles. The predicted octanol–water partition coefficient (Wildman–Crippen LogP) is 4.10. The lowest BCUT2D eigenvalue weighted by atomic mass is 10.2. The minimum absolute atomic E-state index is 0.700. The summed E-state index contributed by atoms with van der Waals surface area (Å²) in [6.45, 7) is 0. The van der Waals surface area contributed by atoms with E-state index in [0.717, 1.165) is 20.7 Å². The summed E-state index contributed by atoms with van der Waals surface area (Å²) in [5.41, 5.74) is 2.10. The van der Waals surface area contributed by atoms with Gasteiger partial charge >= 0.3 is 0 Å².